The van der Waals surface area contributed by atoms with Crippen molar-refractivity contribution in [1.29, 1.82) is 5.26 Å². The first-order valence-corrected chi connectivity index (χ1v) is 9.46. The number of hydrogen-bond donors (Lipinski definition) is 1. The van der Waals surface area contributed by atoms with Crippen LogP contribution in [-0.4, -0.2) is 24.5 Å². The molecule has 1 atom stereocenters. The molecule has 0 amide bonds. The maximum Gasteiger partial charge on any atom is 0.157 e. The molecule has 1 N–H and O–H groups in total. The van der Waals surface area contributed by atoms with Crippen LogP contribution in [-0.2, 0) is 14.9 Å². The summed E-state index contributed by atoms with van der Waals surface area (Å²) >= 11 is 0. The van der Waals surface area contributed by atoms with E-state index in [1.165, 1.54) is 0 Å². The zero-order chi connectivity index (χ0) is 20.5. The summed E-state index contributed by atoms with van der Waals surface area (Å²) < 4.78 is 11.4. The zero-order valence-electron chi connectivity index (χ0n) is 17.0. The van der Waals surface area contributed by atoms with E-state index in [0.717, 1.165) is 35.1 Å². The molecule has 0 saturated heterocycles. The maximum absolute atomic E-state index is 11.9. The average Bonchev–Trinajstić information content (AvgIpc) is 3.06. The molecule has 1 aliphatic rings. The Balaban J connectivity index is 2.04. The van der Waals surface area contributed by atoms with Crippen LogP contribution in [0.25, 0.3) is 10.9 Å². The molecule has 0 saturated carbocycles. The monoisotopic (exact) mass is 378 g/mol. The molecule has 1 unspecified atom stereocenters. The fourth-order valence-electron chi connectivity index (χ4n) is 3.80. The molecular formula is C23H26N2O3. The first-order chi connectivity index (χ1) is 13.3. The van der Waals surface area contributed by atoms with Crippen molar-refractivity contribution in [2.45, 2.75) is 45.6 Å². The van der Waals surface area contributed by atoms with Crippen LogP contribution in [0, 0.1) is 17.2 Å². The molecule has 0 bridgehead atoms. The number of aromatic nitrogens is 1. The van der Waals surface area contributed by atoms with Crippen LogP contribution < -0.4 is 0 Å². The van der Waals surface area contributed by atoms with Crippen molar-refractivity contribution in [3.8, 4) is 6.07 Å². The molecule has 5 heteroatoms. The highest BCUT2D eigenvalue weighted by Crippen LogP contribution is 2.41. The summed E-state index contributed by atoms with van der Waals surface area (Å²) in [4.78, 5) is 15.3. The van der Waals surface area contributed by atoms with Crippen LogP contribution >= 0.6 is 0 Å². The predicted octanol–water partition coefficient (Wildman–Crippen LogP) is 4.99. The quantitative estimate of drug-likeness (QED) is 0.719. The van der Waals surface area contributed by atoms with E-state index < -0.39 is 0 Å². The molecule has 1 heterocycles. The highest BCUT2D eigenvalue weighted by Gasteiger charge is 2.36. The molecule has 2 aromatic rings. The van der Waals surface area contributed by atoms with Crippen molar-refractivity contribution in [2.24, 2.45) is 5.92 Å². The summed E-state index contributed by atoms with van der Waals surface area (Å²) in [5.74, 6) is 1.59. The molecule has 3 rings (SSSR count). The van der Waals surface area contributed by atoms with E-state index in [0.29, 0.717) is 16.9 Å². The van der Waals surface area contributed by atoms with Gasteiger partial charge in [0.15, 0.2) is 17.8 Å². The molecule has 0 spiro atoms. The van der Waals surface area contributed by atoms with E-state index in [1.807, 2.05) is 19.9 Å². The number of hydrogen-bond acceptors (Lipinski definition) is 4. The lowest BCUT2D eigenvalue weighted by Crippen LogP contribution is -2.30. The number of aromatic amines is 1. The third-order valence-electron chi connectivity index (χ3n) is 5.39. The number of nitrogens with zero attached hydrogens (tertiary/aromatic N) is 1. The molecule has 146 valence electrons. The van der Waals surface area contributed by atoms with Crippen LogP contribution in [0.1, 0.15) is 55.7 Å². The highest BCUT2D eigenvalue weighted by molar-refractivity contribution is 5.99. The van der Waals surface area contributed by atoms with Gasteiger partial charge in [-0.25, -0.2) is 0 Å². The van der Waals surface area contributed by atoms with Gasteiger partial charge < -0.3 is 14.5 Å². The summed E-state index contributed by atoms with van der Waals surface area (Å²) in [6, 6.07) is 7.50. The number of allylic oxidation sites excluding steroid dienone is 2. The van der Waals surface area contributed by atoms with E-state index in [1.54, 1.807) is 19.2 Å². The van der Waals surface area contributed by atoms with Gasteiger partial charge in [0.1, 0.15) is 0 Å². The number of methoxy groups -OCH3 is 1. The Bertz CT molecular complexity index is 1000. The molecule has 0 fully saturated rings. The Morgan fingerprint density at radius 3 is 2.68 bits per heavy atom. The molecule has 28 heavy (non-hydrogen) atoms. The summed E-state index contributed by atoms with van der Waals surface area (Å²) in [7, 11) is 1.64. The lowest BCUT2D eigenvalue weighted by molar-refractivity contribution is 0.112. The summed E-state index contributed by atoms with van der Waals surface area (Å²) in [6.07, 6.45) is 5.88. The topological polar surface area (TPSA) is 75.1 Å². The molecule has 0 aliphatic heterocycles. The Labute approximate surface area is 165 Å². The van der Waals surface area contributed by atoms with Crippen molar-refractivity contribution in [1.82, 2.24) is 4.98 Å². The zero-order valence-corrected chi connectivity index (χ0v) is 17.0. The molecule has 0 radical (unpaired) electrons. The Hall–Kier alpha value is -3.00. The van der Waals surface area contributed by atoms with Crippen molar-refractivity contribution in [3.63, 3.8) is 0 Å². The number of nitrogens with one attached hydrogen (secondary N) is 1. The van der Waals surface area contributed by atoms with Gasteiger partial charge in [-0.2, -0.15) is 5.26 Å². The Morgan fingerprint density at radius 1 is 1.32 bits per heavy atom. The summed E-state index contributed by atoms with van der Waals surface area (Å²) in [6.45, 7) is 8.21. The first-order valence-electron chi connectivity index (χ1n) is 9.46. The number of aldehydes is 1. The number of ether oxygens (including phenoxy) is 2. The van der Waals surface area contributed by atoms with Crippen LogP contribution in [0.5, 0.6) is 0 Å². The minimum atomic E-state index is -0.355. The number of carbonyl (C=O) groups excluding carboxylic acids is 1. The van der Waals surface area contributed by atoms with E-state index >= 15 is 0 Å². The van der Waals surface area contributed by atoms with Gasteiger partial charge in [-0.3, -0.25) is 4.79 Å². The highest BCUT2D eigenvalue weighted by atomic mass is 16.5. The molecule has 1 aromatic heterocycles. The van der Waals surface area contributed by atoms with Gasteiger partial charge in [0.2, 0.25) is 0 Å². The normalized spacial score (nSPS) is 17.1. The standard InChI is InChI=1S/C23H26N2O3/c1-14(2)28-20-9-7-16(11-21(20)27-5)23(3,4)22-18(13-26)17-8-6-15(12-24)10-19(17)25-22/h6,8-11,13-14,16,25H,7H2,1-5H3. The Kier molecular flexibility index (Phi) is 5.33. The van der Waals surface area contributed by atoms with E-state index in [2.05, 4.69) is 37.1 Å². The number of benzene rings is 1. The minimum absolute atomic E-state index is 0.0686. The second-order valence-electron chi connectivity index (χ2n) is 7.94. The van der Waals surface area contributed by atoms with Gasteiger partial charge in [-0.05, 0) is 50.5 Å². The number of H-pyrrole nitrogens is 1. The first kappa shape index (κ1) is 19.8. The van der Waals surface area contributed by atoms with Gasteiger partial charge in [-0.1, -0.05) is 19.9 Å². The van der Waals surface area contributed by atoms with Crippen LogP contribution in [0.2, 0.25) is 0 Å². The summed E-state index contributed by atoms with van der Waals surface area (Å²) in [5.41, 5.74) is 2.52. The maximum atomic E-state index is 11.9. The van der Waals surface area contributed by atoms with Gasteiger partial charge in [0.05, 0.1) is 24.8 Å². The number of carbonyl (C=O) groups is 1. The fourth-order valence-corrected chi connectivity index (χ4v) is 3.80. The van der Waals surface area contributed by atoms with Crippen molar-refractivity contribution in [2.75, 3.05) is 7.11 Å². The number of rotatable bonds is 6. The lowest BCUT2D eigenvalue weighted by atomic mass is 9.72. The van der Waals surface area contributed by atoms with Crippen molar-refractivity contribution in [3.05, 3.63) is 58.7 Å². The largest absolute Gasteiger partial charge is 0.493 e. The molecule has 1 aromatic carbocycles. The third-order valence-corrected chi connectivity index (χ3v) is 5.39. The number of fused-ring (bicyclic) bond motifs is 1. The van der Waals surface area contributed by atoms with Crippen molar-refractivity contribution >= 4 is 17.2 Å². The molecule has 1 aliphatic carbocycles. The molecular weight excluding hydrogens is 352 g/mol. The predicted molar refractivity (Wildman–Crippen MR) is 109 cm³/mol. The Morgan fingerprint density at radius 2 is 2.07 bits per heavy atom. The van der Waals surface area contributed by atoms with Gasteiger partial charge in [0.25, 0.3) is 0 Å². The van der Waals surface area contributed by atoms with Crippen molar-refractivity contribution < 1.29 is 14.3 Å². The molecule has 5 nitrogen and oxygen atoms in total. The van der Waals surface area contributed by atoms with E-state index in [4.69, 9.17) is 14.7 Å². The van der Waals surface area contributed by atoms with Gasteiger partial charge in [-0.15, -0.1) is 0 Å². The summed E-state index contributed by atoms with van der Waals surface area (Å²) in [5, 5.41) is 10.0. The van der Waals surface area contributed by atoms with Crippen LogP contribution in [0.15, 0.2) is 41.9 Å². The van der Waals surface area contributed by atoms with Crippen LogP contribution in [0.3, 0.4) is 0 Å². The van der Waals surface area contributed by atoms with Gasteiger partial charge >= 0.3 is 0 Å². The van der Waals surface area contributed by atoms with E-state index in [-0.39, 0.29) is 17.4 Å². The lowest BCUT2D eigenvalue weighted by Gasteiger charge is -2.34. The second-order valence-corrected chi connectivity index (χ2v) is 7.94. The second kappa shape index (κ2) is 7.55. The average molecular weight is 378 g/mol. The minimum Gasteiger partial charge on any atom is -0.493 e. The fraction of sp³-hybridized carbons (Fsp3) is 0.391. The SMILES string of the molecule is COC1=CC(C(C)(C)c2[nH]c3cc(C#N)ccc3c2C=O)CC=C1OC(C)C. The number of nitriles is 1. The smallest absolute Gasteiger partial charge is 0.157 e. The van der Waals surface area contributed by atoms with Crippen LogP contribution in [0.4, 0.5) is 0 Å². The van der Waals surface area contributed by atoms with Gasteiger partial charge in [0, 0.05) is 27.6 Å². The van der Waals surface area contributed by atoms with E-state index in [9.17, 15) is 4.79 Å². The third kappa shape index (κ3) is 3.43.